The van der Waals surface area contributed by atoms with Crippen molar-refractivity contribution in [3.8, 4) is 0 Å². The highest BCUT2D eigenvalue weighted by Gasteiger charge is 2.13. The van der Waals surface area contributed by atoms with E-state index in [9.17, 15) is 4.79 Å². The van der Waals surface area contributed by atoms with E-state index < -0.39 is 0 Å². The standard InChI is InChI=1S/C22H21N3O2S/c1-14-9-18-17(12-21(26)27-19(18)10-15(14)2)13-28-22-24-23-20(25(22)3)11-16-7-5-4-6-8-16/h4-10,12H,11,13H2,1-3H3. The highest BCUT2D eigenvalue weighted by atomic mass is 32.2. The zero-order valence-corrected chi connectivity index (χ0v) is 16.9. The van der Waals surface area contributed by atoms with E-state index in [4.69, 9.17) is 4.42 Å². The Balaban J connectivity index is 1.58. The molecule has 0 saturated carbocycles. The molecule has 0 saturated heterocycles. The summed E-state index contributed by atoms with van der Waals surface area (Å²) in [5, 5.41) is 10.5. The summed E-state index contributed by atoms with van der Waals surface area (Å²) in [6, 6.07) is 15.8. The van der Waals surface area contributed by atoms with Gasteiger partial charge in [-0.25, -0.2) is 4.79 Å². The minimum atomic E-state index is -0.325. The van der Waals surface area contributed by atoms with Crippen LogP contribution in [0.15, 0.2) is 62.9 Å². The Bertz CT molecular complexity index is 1200. The summed E-state index contributed by atoms with van der Waals surface area (Å²) < 4.78 is 7.40. The zero-order valence-electron chi connectivity index (χ0n) is 16.1. The number of aromatic nitrogens is 3. The van der Waals surface area contributed by atoms with E-state index >= 15 is 0 Å². The van der Waals surface area contributed by atoms with Crippen LogP contribution in [0.25, 0.3) is 11.0 Å². The van der Waals surface area contributed by atoms with Gasteiger partial charge in [0.25, 0.3) is 0 Å². The largest absolute Gasteiger partial charge is 0.423 e. The molecule has 0 aliphatic carbocycles. The molecule has 5 nitrogen and oxygen atoms in total. The lowest BCUT2D eigenvalue weighted by Crippen LogP contribution is -2.02. The molecule has 0 spiro atoms. The van der Waals surface area contributed by atoms with Crippen LogP contribution in [0, 0.1) is 13.8 Å². The van der Waals surface area contributed by atoms with Crippen LogP contribution in [0.5, 0.6) is 0 Å². The summed E-state index contributed by atoms with van der Waals surface area (Å²) in [7, 11) is 1.98. The smallest absolute Gasteiger partial charge is 0.336 e. The van der Waals surface area contributed by atoms with Gasteiger partial charge in [-0.05, 0) is 48.2 Å². The number of rotatable bonds is 5. The van der Waals surface area contributed by atoms with Crippen LogP contribution in [0.3, 0.4) is 0 Å². The van der Waals surface area contributed by atoms with Gasteiger partial charge in [0.05, 0.1) is 0 Å². The molecule has 2 aromatic carbocycles. The lowest BCUT2D eigenvalue weighted by molar-refractivity contribution is 0.559. The van der Waals surface area contributed by atoms with Gasteiger partial charge in [-0.2, -0.15) is 0 Å². The number of hydrogen-bond donors (Lipinski definition) is 0. The fraction of sp³-hybridized carbons (Fsp3) is 0.227. The molecule has 28 heavy (non-hydrogen) atoms. The van der Waals surface area contributed by atoms with Crippen LogP contribution in [0.4, 0.5) is 0 Å². The number of fused-ring (bicyclic) bond motifs is 1. The van der Waals surface area contributed by atoms with Crippen molar-refractivity contribution < 1.29 is 4.42 Å². The van der Waals surface area contributed by atoms with Crippen LogP contribution in [0.1, 0.15) is 28.1 Å². The third-order valence-electron chi connectivity index (χ3n) is 4.93. The summed E-state index contributed by atoms with van der Waals surface area (Å²) in [5.74, 6) is 1.54. The zero-order chi connectivity index (χ0) is 19.7. The minimum Gasteiger partial charge on any atom is -0.423 e. The maximum Gasteiger partial charge on any atom is 0.336 e. The summed E-state index contributed by atoms with van der Waals surface area (Å²) in [6.45, 7) is 4.08. The van der Waals surface area contributed by atoms with Crippen molar-refractivity contribution in [2.75, 3.05) is 0 Å². The van der Waals surface area contributed by atoms with Gasteiger partial charge in [0.15, 0.2) is 5.16 Å². The second-order valence-corrected chi connectivity index (χ2v) is 7.87. The average molecular weight is 391 g/mol. The monoisotopic (exact) mass is 391 g/mol. The van der Waals surface area contributed by atoms with Crippen LogP contribution >= 0.6 is 11.8 Å². The van der Waals surface area contributed by atoms with Gasteiger partial charge in [0, 0.05) is 30.7 Å². The second kappa shape index (κ2) is 7.64. The van der Waals surface area contributed by atoms with E-state index in [0.29, 0.717) is 11.3 Å². The Morgan fingerprint density at radius 2 is 1.79 bits per heavy atom. The average Bonchev–Trinajstić information content (AvgIpc) is 3.02. The summed E-state index contributed by atoms with van der Waals surface area (Å²) >= 11 is 1.57. The third-order valence-corrected chi connectivity index (χ3v) is 6.00. The molecular formula is C22H21N3O2S. The number of aryl methyl sites for hydroxylation is 2. The molecule has 0 atom stereocenters. The first-order valence-corrected chi connectivity index (χ1v) is 10.1. The van der Waals surface area contributed by atoms with Crippen LogP contribution < -0.4 is 5.63 Å². The van der Waals surface area contributed by atoms with Crippen molar-refractivity contribution in [3.05, 3.63) is 87.0 Å². The molecule has 4 rings (SSSR count). The molecule has 4 aromatic rings. The molecule has 2 aromatic heterocycles. The minimum absolute atomic E-state index is 0.325. The van der Waals surface area contributed by atoms with Crippen LogP contribution in [-0.4, -0.2) is 14.8 Å². The lowest BCUT2D eigenvalue weighted by atomic mass is 10.0. The molecule has 2 heterocycles. The van der Waals surface area contributed by atoms with Crippen LogP contribution in [0.2, 0.25) is 0 Å². The quantitative estimate of drug-likeness (QED) is 0.372. The Hall–Kier alpha value is -2.86. The van der Waals surface area contributed by atoms with E-state index in [0.717, 1.165) is 33.9 Å². The fourth-order valence-electron chi connectivity index (χ4n) is 3.15. The number of thioether (sulfide) groups is 1. The summed E-state index contributed by atoms with van der Waals surface area (Å²) in [5.41, 5.74) is 4.75. The van der Waals surface area contributed by atoms with Gasteiger partial charge in [-0.1, -0.05) is 42.1 Å². The maximum absolute atomic E-state index is 12.0. The van der Waals surface area contributed by atoms with Crippen molar-refractivity contribution in [1.29, 1.82) is 0 Å². The molecule has 0 unspecified atom stereocenters. The molecule has 0 N–H and O–H groups in total. The van der Waals surface area contributed by atoms with Crippen molar-refractivity contribution >= 4 is 22.7 Å². The predicted molar refractivity (Wildman–Crippen MR) is 112 cm³/mol. The van der Waals surface area contributed by atoms with Gasteiger partial charge in [0.2, 0.25) is 0 Å². The topological polar surface area (TPSA) is 60.9 Å². The normalized spacial score (nSPS) is 11.2. The predicted octanol–water partition coefficient (Wildman–Crippen LogP) is 4.42. The fourth-order valence-corrected chi connectivity index (χ4v) is 4.07. The van der Waals surface area contributed by atoms with Crippen LogP contribution in [-0.2, 0) is 19.2 Å². The van der Waals surface area contributed by atoms with E-state index in [-0.39, 0.29) is 5.63 Å². The molecule has 0 aliphatic heterocycles. The number of hydrogen-bond acceptors (Lipinski definition) is 5. The number of nitrogens with zero attached hydrogens (tertiary/aromatic N) is 3. The third kappa shape index (κ3) is 3.73. The van der Waals surface area contributed by atoms with E-state index in [1.807, 2.05) is 42.8 Å². The van der Waals surface area contributed by atoms with Crippen molar-refractivity contribution in [2.24, 2.45) is 7.05 Å². The lowest BCUT2D eigenvalue weighted by Gasteiger charge is -2.08. The maximum atomic E-state index is 12.0. The van der Waals surface area contributed by atoms with E-state index in [1.54, 1.807) is 17.8 Å². The number of benzene rings is 2. The van der Waals surface area contributed by atoms with Gasteiger partial charge >= 0.3 is 5.63 Å². The van der Waals surface area contributed by atoms with Crippen molar-refractivity contribution in [1.82, 2.24) is 14.8 Å². The van der Waals surface area contributed by atoms with Gasteiger partial charge in [-0.15, -0.1) is 10.2 Å². The van der Waals surface area contributed by atoms with Gasteiger partial charge in [0.1, 0.15) is 11.4 Å². The second-order valence-electron chi connectivity index (χ2n) is 6.93. The molecule has 0 aliphatic rings. The Labute approximate surface area is 167 Å². The molecule has 6 heteroatoms. The highest BCUT2D eigenvalue weighted by Crippen LogP contribution is 2.27. The van der Waals surface area contributed by atoms with Crippen molar-refractivity contribution in [3.63, 3.8) is 0 Å². The first-order valence-electron chi connectivity index (χ1n) is 9.10. The molecule has 0 fully saturated rings. The van der Waals surface area contributed by atoms with Gasteiger partial charge < -0.3 is 8.98 Å². The first kappa shape index (κ1) is 18.5. The van der Waals surface area contributed by atoms with E-state index in [1.165, 1.54) is 11.1 Å². The molecule has 0 bridgehead atoms. The molecule has 0 amide bonds. The van der Waals surface area contributed by atoms with Crippen molar-refractivity contribution in [2.45, 2.75) is 31.2 Å². The molecule has 142 valence electrons. The van der Waals surface area contributed by atoms with Gasteiger partial charge in [-0.3, -0.25) is 0 Å². The SMILES string of the molecule is Cc1cc2oc(=O)cc(CSc3nnc(Cc4ccccc4)n3C)c2cc1C. The molecular weight excluding hydrogens is 370 g/mol. The summed E-state index contributed by atoms with van der Waals surface area (Å²) in [4.78, 5) is 12.0. The Morgan fingerprint density at radius 1 is 1.04 bits per heavy atom. The Kier molecular flexibility index (Phi) is 5.05. The first-order chi connectivity index (χ1) is 13.5. The van der Waals surface area contributed by atoms with E-state index in [2.05, 4.69) is 35.3 Å². The highest BCUT2D eigenvalue weighted by molar-refractivity contribution is 7.98. The Morgan fingerprint density at radius 3 is 2.57 bits per heavy atom. The summed E-state index contributed by atoms with van der Waals surface area (Å²) in [6.07, 6.45) is 0.737. The molecule has 0 radical (unpaired) electrons.